The maximum Gasteiger partial charge on any atom is 0.237 e. The Morgan fingerprint density at radius 3 is 2.72 bits per heavy atom. The maximum atomic E-state index is 13.1. The van der Waals surface area contributed by atoms with Crippen molar-refractivity contribution in [3.05, 3.63) is 35.6 Å². The molecule has 1 aromatic carbocycles. The number of hydrogen-bond acceptors (Lipinski definition) is 4. The molecule has 0 aliphatic carbocycles. The molecule has 1 aromatic rings. The van der Waals surface area contributed by atoms with Crippen molar-refractivity contribution >= 4 is 11.8 Å². The summed E-state index contributed by atoms with van der Waals surface area (Å²) < 4.78 is 13.1. The van der Waals surface area contributed by atoms with Gasteiger partial charge in [-0.1, -0.05) is 19.1 Å². The molecule has 1 atom stereocenters. The van der Waals surface area contributed by atoms with Crippen LogP contribution in [0.25, 0.3) is 0 Å². The van der Waals surface area contributed by atoms with Gasteiger partial charge in [-0.15, -0.1) is 0 Å². The van der Waals surface area contributed by atoms with Gasteiger partial charge in [0.15, 0.2) is 0 Å². The quantitative estimate of drug-likeness (QED) is 0.725. The van der Waals surface area contributed by atoms with Crippen molar-refractivity contribution in [2.45, 2.75) is 32.4 Å². The third-order valence-electron chi connectivity index (χ3n) is 4.32. The highest BCUT2D eigenvalue weighted by Gasteiger charge is 2.32. The molecule has 0 saturated carbocycles. The van der Waals surface area contributed by atoms with Gasteiger partial charge in [-0.2, -0.15) is 0 Å². The van der Waals surface area contributed by atoms with E-state index in [9.17, 15) is 14.0 Å². The number of carbonyl (C=O) groups is 2. The molecule has 2 N–H and O–H groups in total. The van der Waals surface area contributed by atoms with E-state index < -0.39 is 6.04 Å². The Hall–Kier alpha value is -1.99. The fraction of sp³-hybridized carbons (Fsp3) is 0.556. The first-order valence-electron chi connectivity index (χ1n) is 8.70. The maximum absolute atomic E-state index is 13.1. The van der Waals surface area contributed by atoms with E-state index in [4.69, 9.17) is 5.11 Å². The number of piperazine rings is 1. The van der Waals surface area contributed by atoms with Crippen LogP contribution in [0.1, 0.15) is 25.3 Å². The molecule has 1 unspecified atom stereocenters. The van der Waals surface area contributed by atoms with Gasteiger partial charge in [0.05, 0.1) is 19.1 Å². The standard InChI is InChI=1S/C18H26FN3O3/c1-2-8-21(10-11-23)17(24)12-16-18(25)20-7-9-22(16)13-14-3-5-15(19)6-4-14/h3-6,16,23H,2,7-13H2,1H3,(H,20,25). The van der Waals surface area contributed by atoms with Crippen molar-refractivity contribution in [2.24, 2.45) is 0 Å². The third-order valence-corrected chi connectivity index (χ3v) is 4.32. The smallest absolute Gasteiger partial charge is 0.237 e. The van der Waals surface area contributed by atoms with Crippen molar-refractivity contribution < 1.29 is 19.1 Å². The molecule has 1 aliphatic rings. The van der Waals surface area contributed by atoms with Crippen LogP contribution in [0.4, 0.5) is 4.39 Å². The number of nitrogens with zero attached hydrogens (tertiary/aromatic N) is 2. The van der Waals surface area contributed by atoms with Gasteiger partial charge in [-0.05, 0) is 24.1 Å². The first-order valence-corrected chi connectivity index (χ1v) is 8.70. The van der Waals surface area contributed by atoms with Crippen molar-refractivity contribution in [1.82, 2.24) is 15.1 Å². The number of nitrogens with one attached hydrogen (secondary N) is 1. The zero-order valence-corrected chi connectivity index (χ0v) is 14.6. The van der Waals surface area contributed by atoms with Gasteiger partial charge in [-0.3, -0.25) is 14.5 Å². The molecule has 1 aliphatic heterocycles. The molecule has 0 spiro atoms. The van der Waals surface area contributed by atoms with Crippen LogP contribution in [0.3, 0.4) is 0 Å². The number of rotatable bonds is 8. The third kappa shape index (κ3) is 5.51. The summed E-state index contributed by atoms with van der Waals surface area (Å²) in [6.45, 7) is 4.35. The Morgan fingerprint density at radius 1 is 1.36 bits per heavy atom. The monoisotopic (exact) mass is 351 g/mol. The Morgan fingerprint density at radius 2 is 2.08 bits per heavy atom. The largest absolute Gasteiger partial charge is 0.395 e. The highest BCUT2D eigenvalue weighted by molar-refractivity contribution is 5.88. The van der Waals surface area contributed by atoms with Crippen LogP contribution in [0.2, 0.25) is 0 Å². The molecule has 138 valence electrons. The van der Waals surface area contributed by atoms with E-state index in [-0.39, 0.29) is 37.2 Å². The predicted molar refractivity (Wildman–Crippen MR) is 92.2 cm³/mol. The van der Waals surface area contributed by atoms with Crippen molar-refractivity contribution in [2.75, 3.05) is 32.8 Å². The highest BCUT2D eigenvalue weighted by atomic mass is 19.1. The molecule has 1 heterocycles. The molecule has 1 fully saturated rings. The second kappa shape index (κ2) is 9.48. The average molecular weight is 351 g/mol. The molecule has 6 nitrogen and oxygen atoms in total. The minimum atomic E-state index is -0.552. The van der Waals surface area contributed by atoms with Gasteiger partial charge in [0, 0.05) is 32.7 Å². The molecule has 0 radical (unpaired) electrons. The van der Waals surface area contributed by atoms with E-state index in [2.05, 4.69) is 5.32 Å². The molecule has 7 heteroatoms. The molecular formula is C18H26FN3O3. The summed E-state index contributed by atoms with van der Waals surface area (Å²) in [5.41, 5.74) is 0.898. The molecule has 0 bridgehead atoms. The van der Waals surface area contributed by atoms with Crippen molar-refractivity contribution in [3.8, 4) is 0 Å². The van der Waals surface area contributed by atoms with E-state index in [0.717, 1.165) is 12.0 Å². The topological polar surface area (TPSA) is 72.9 Å². The lowest BCUT2D eigenvalue weighted by Gasteiger charge is -2.35. The van der Waals surface area contributed by atoms with Gasteiger partial charge >= 0.3 is 0 Å². The first-order chi connectivity index (χ1) is 12.0. The van der Waals surface area contributed by atoms with Gasteiger partial charge in [-0.25, -0.2) is 4.39 Å². The number of aliphatic hydroxyl groups is 1. The van der Waals surface area contributed by atoms with Crippen molar-refractivity contribution in [1.29, 1.82) is 0 Å². The van der Waals surface area contributed by atoms with Crippen LogP contribution < -0.4 is 5.32 Å². The van der Waals surface area contributed by atoms with Crippen LogP contribution >= 0.6 is 0 Å². The van der Waals surface area contributed by atoms with E-state index >= 15 is 0 Å². The van der Waals surface area contributed by atoms with Gasteiger partial charge < -0.3 is 15.3 Å². The Bertz CT molecular complexity index is 573. The second-order valence-electron chi connectivity index (χ2n) is 6.21. The van der Waals surface area contributed by atoms with E-state index in [0.29, 0.717) is 26.2 Å². The number of carbonyl (C=O) groups excluding carboxylic acids is 2. The highest BCUT2D eigenvalue weighted by Crippen LogP contribution is 2.15. The number of halogens is 1. The Labute approximate surface area is 147 Å². The summed E-state index contributed by atoms with van der Waals surface area (Å²) in [6.07, 6.45) is 0.870. The van der Waals surface area contributed by atoms with Gasteiger partial charge in [0.1, 0.15) is 5.82 Å². The number of hydrogen-bond donors (Lipinski definition) is 2. The minimum absolute atomic E-state index is 0.0764. The lowest BCUT2D eigenvalue weighted by molar-refractivity contribution is -0.139. The first kappa shape index (κ1) is 19.3. The number of benzene rings is 1. The summed E-state index contributed by atoms with van der Waals surface area (Å²) in [7, 11) is 0. The van der Waals surface area contributed by atoms with Crippen LogP contribution in [-0.4, -0.2) is 65.5 Å². The second-order valence-corrected chi connectivity index (χ2v) is 6.21. The Kier molecular flexibility index (Phi) is 7.33. The van der Waals surface area contributed by atoms with Crippen LogP contribution in [0, 0.1) is 5.82 Å². The lowest BCUT2D eigenvalue weighted by Crippen LogP contribution is -2.56. The summed E-state index contributed by atoms with van der Waals surface area (Å²) in [6, 6.07) is 5.61. The van der Waals surface area contributed by atoms with Crippen LogP contribution in [-0.2, 0) is 16.1 Å². The molecular weight excluding hydrogens is 325 g/mol. The molecule has 25 heavy (non-hydrogen) atoms. The average Bonchev–Trinajstić information content (AvgIpc) is 2.59. The summed E-state index contributed by atoms with van der Waals surface area (Å²) in [5.74, 6) is -0.602. The molecule has 2 rings (SSSR count). The van der Waals surface area contributed by atoms with Gasteiger partial charge in [0.25, 0.3) is 0 Å². The van der Waals surface area contributed by atoms with Gasteiger partial charge in [0.2, 0.25) is 11.8 Å². The van der Waals surface area contributed by atoms with Crippen LogP contribution in [0.15, 0.2) is 24.3 Å². The van der Waals surface area contributed by atoms with E-state index in [1.54, 1.807) is 17.0 Å². The number of amides is 2. The lowest BCUT2D eigenvalue weighted by atomic mass is 10.1. The molecule has 1 saturated heterocycles. The zero-order valence-electron chi connectivity index (χ0n) is 14.6. The SMILES string of the molecule is CCCN(CCO)C(=O)CC1C(=O)NCCN1Cc1ccc(F)cc1. The molecule has 0 aromatic heterocycles. The molecule has 2 amide bonds. The predicted octanol–water partition coefficient (Wildman–Crippen LogP) is 0.747. The summed E-state index contributed by atoms with van der Waals surface area (Å²) in [5, 5.41) is 11.9. The normalized spacial score (nSPS) is 18.0. The number of aliphatic hydroxyl groups excluding tert-OH is 1. The fourth-order valence-electron chi connectivity index (χ4n) is 3.04. The fourth-order valence-corrected chi connectivity index (χ4v) is 3.04. The zero-order chi connectivity index (χ0) is 18.2. The summed E-state index contributed by atoms with van der Waals surface area (Å²) >= 11 is 0. The van der Waals surface area contributed by atoms with Crippen molar-refractivity contribution in [3.63, 3.8) is 0 Å². The summed E-state index contributed by atoms with van der Waals surface area (Å²) in [4.78, 5) is 28.4. The minimum Gasteiger partial charge on any atom is -0.395 e. The van der Waals surface area contributed by atoms with Crippen LogP contribution in [0.5, 0.6) is 0 Å². The van der Waals surface area contributed by atoms with E-state index in [1.807, 2.05) is 11.8 Å². The Balaban J connectivity index is 2.06. The van der Waals surface area contributed by atoms with E-state index in [1.165, 1.54) is 12.1 Å².